The molecule has 2 N–H and O–H groups in total. The quantitative estimate of drug-likeness (QED) is 0.0272. The topological polar surface area (TPSA) is 108 Å². The fraction of sp³-hybridized carbons (Fsp3) is 0.738. The van der Waals surface area contributed by atoms with Gasteiger partial charge in [0.15, 0.2) is 0 Å². The summed E-state index contributed by atoms with van der Waals surface area (Å²) in [5.41, 5.74) is 0. The first kappa shape index (κ1) is 85.9. The summed E-state index contributed by atoms with van der Waals surface area (Å²) in [5, 5.41) is 14.0. The van der Waals surface area contributed by atoms with E-state index in [9.17, 15) is 19.4 Å². The van der Waals surface area contributed by atoms with E-state index in [4.69, 9.17) is 9.05 Å². The molecule has 1 amide bonds. The number of phosphoric acid groups is 1. The summed E-state index contributed by atoms with van der Waals surface area (Å²) in [6, 6.07) is -0.904. The minimum Gasteiger partial charge on any atom is -0.756 e. The van der Waals surface area contributed by atoms with Crippen molar-refractivity contribution in [2.24, 2.45) is 0 Å². The van der Waals surface area contributed by atoms with Gasteiger partial charge in [0.25, 0.3) is 7.82 Å². The van der Waals surface area contributed by atoms with Gasteiger partial charge in [-0.2, -0.15) is 0 Å². The molecular formula is C80H143N2O6P. The van der Waals surface area contributed by atoms with Crippen LogP contribution in [0.25, 0.3) is 0 Å². The highest BCUT2D eigenvalue weighted by atomic mass is 31.2. The number of amides is 1. The van der Waals surface area contributed by atoms with Gasteiger partial charge in [0.1, 0.15) is 13.2 Å². The lowest BCUT2D eigenvalue weighted by Crippen LogP contribution is -2.45. The van der Waals surface area contributed by atoms with Gasteiger partial charge in [-0.15, -0.1) is 0 Å². The highest BCUT2D eigenvalue weighted by Crippen LogP contribution is 2.38. The SMILES string of the molecule is CC/C=C\C/C=C\C/C=C\C/C=C\C/C=C\C/C=C\C/C=C\C/C=C\C/C=C\CCCCCCCCCC(=O)NC(COP(=O)([O-])OCC[N+](C)(C)C)C(O)/C=C/CCCCCCCCCCCCCCCCCCCCCCCCCCCCCCCC. The van der Waals surface area contributed by atoms with Crippen LogP contribution < -0.4 is 10.2 Å². The van der Waals surface area contributed by atoms with Crippen molar-refractivity contribution < 1.29 is 32.9 Å². The van der Waals surface area contributed by atoms with Gasteiger partial charge in [0, 0.05) is 6.42 Å². The van der Waals surface area contributed by atoms with Gasteiger partial charge in [-0.25, -0.2) is 0 Å². The van der Waals surface area contributed by atoms with Crippen LogP contribution in [0.4, 0.5) is 0 Å². The number of unbranched alkanes of at least 4 members (excludes halogenated alkanes) is 37. The lowest BCUT2D eigenvalue weighted by atomic mass is 10.0. The van der Waals surface area contributed by atoms with Crippen molar-refractivity contribution in [3.63, 3.8) is 0 Å². The van der Waals surface area contributed by atoms with E-state index in [0.717, 1.165) is 109 Å². The molecule has 0 fully saturated rings. The molecule has 9 heteroatoms. The number of phosphoric ester groups is 1. The molecule has 0 aromatic heterocycles. The molecule has 0 heterocycles. The second-order valence-electron chi connectivity index (χ2n) is 26.3. The number of hydrogen-bond donors (Lipinski definition) is 2. The van der Waals surface area contributed by atoms with Crippen LogP contribution in [0.15, 0.2) is 122 Å². The first-order valence-electron chi connectivity index (χ1n) is 37.4. The molecule has 0 aliphatic heterocycles. The van der Waals surface area contributed by atoms with E-state index < -0.39 is 26.6 Å². The first-order valence-corrected chi connectivity index (χ1v) is 38.9. The fourth-order valence-electron chi connectivity index (χ4n) is 10.7. The molecule has 0 saturated carbocycles. The second kappa shape index (κ2) is 69.2. The summed E-state index contributed by atoms with van der Waals surface area (Å²) in [4.78, 5) is 25.7. The minimum absolute atomic E-state index is 0.00881. The Kier molecular flexibility index (Phi) is 66.8. The maximum Gasteiger partial charge on any atom is 0.268 e. The zero-order valence-corrected chi connectivity index (χ0v) is 59.7. The van der Waals surface area contributed by atoms with Crippen LogP contribution in [0.2, 0.25) is 0 Å². The minimum atomic E-state index is -4.62. The molecule has 0 aliphatic rings. The monoisotopic (exact) mass is 1260 g/mol. The van der Waals surface area contributed by atoms with E-state index in [-0.39, 0.29) is 12.5 Å². The van der Waals surface area contributed by atoms with Crippen LogP contribution in [0.5, 0.6) is 0 Å². The van der Waals surface area contributed by atoms with Gasteiger partial charge in [0.2, 0.25) is 5.91 Å². The number of nitrogens with zero attached hydrogens (tertiary/aromatic N) is 1. The molecular weight excluding hydrogens is 1120 g/mol. The van der Waals surface area contributed by atoms with Crippen LogP contribution >= 0.6 is 7.82 Å². The molecule has 3 unspecified atom stereocenters. The Morgan fingerprint density at radius 2 is 0.685 bits per heavy atom. The molecule has 0 aromatic carbocycles. The van der Waals surface area contributed by atoms with Crippen molar-refractivity contribution in [1.82, 2.24) is 5.32 Å². The van der Waals surface area contributed by atoms with Crippen LogP contribution in [-0.4, -0.2) is 68.5 Å². The van der Waals surface area contributed by atoms with Crippen molar-refractivity contribution in [1.29, 1.82) is 0 Å². The molecule has 0 radical (unpaired) electrons. The van der Waals surface area contributed by atoms with Crippen molar-refractivity contribution in [3.05, 3.63) is 122 Å². The highest BCUT2D eigenvalue weighted by molar-refractivity contribution is 7.45. The predicted octanol–water partition coefficient (Wildman–Crippen LogP) is 23.8. The summed E-state index contributed by atoms with van der Waals surface area (Å²) in [6.07, 6.45) is 103. The molecule has 0 spiro atoms. The zero-order valence-electron chi connectivity index (χ0n) is 58.9. The Balaban J connectivity index is 4.12. The lowest BCUT2D eigenvalue weighted by Gasteiger charge is -2.29. The van der Waals surface area contributed by atoms with E-state index in [1.165, 1.54) is 199 Å². The van der Waals surface area contributed by atoms with Crippen molar-refractivity contribution in [2.45, 2.75) is 341 Å². The molecule has 8 nitrogen and oxygen atoms in total. The number of hydrogen-bond acceptors (Lipinski definition) is 6. The summed E-state index contributed by atoms with van der Waals surface area (Å²) in [6.45, 7) is 4.55. The summed E-state index contributed by atoms with van der Waals surface area (Å²) >= 11 is 0. The Bertz CT molecular complexity index is 1870. The van der Waals surface area contributed by atoms with Crippen molar-refractivity contribution in [3.8, 4) is 0 Å². The number of rotatable bonds is 68. The Hall–Kier alpha value is -3.10. The molecule has 0 bridgehead atoms. The van der Waals surface area contributed by atoms with E-state index in [1.807, 2.05) is 27.2 Å². The van der Waals surface area contributed by atoms with E-state index in [2.05, 4.69) is 129 Å². The molecule has 3 atom stereocenters. The number of carbonyl (C=O) groups is 1. The fourth-order valence-corrected chi connectivity index (χ4v) is 11.4. The smallest absolute Gasteiger partial charge is 0.268 e. The second-order valence-corrected chi connectivity index (χ2v) is 27.7. The molecule has 0 aromatic rings. The van der Waals surface area contributed by atoms with Gasteiger partial charge in [-0.05, 0) is 89.9 Å². The zero-order chi connectivity index (χ0) is 64.8. The van der Waals surface area contributed by atoms with Crippen molar-refractivity contribution >= 4 is 13.7 Å². The van der Waals surface area contributed by atoms with Gasteiger partial charge in [-0.3, -0.25) is 9.36 Å². The van der Waals surface area contributed by atoms with Gasteiger partial charge in [0.05, 0.1) is 39.9 Å². The average Bonchev–Trinajstić information content (AvgIpc) is 3.64. The predicted molar refractivity (Wildman–Crippen MR) is 389 cm³/mol. The number of aliphatic hydroxyl groups excluding tert-OH is 1. The van der Waals surface area contributed by atoms with Gasteiger partial charge >= 0.3 is 0 Å². The summed E-state index contributed by atoms with van der Waals surface area (Å²) in [5.74, 6) is -0.210. The molecule has 0 aliphatic carbocycles. The maximum atomic E-state index is 13.1. The van der Waals surface area contributed by atoms with Crippen LogP contribution in [-0.2, 0) is 18.4 Å². The summed E-state index contributed by atoms with van der Waals surface area (Å²) < 4.78 is 23.5. The van der Waals surface area contributed by atoms with Crippen LogP contribution in [0.1, 0.15) is 328 Å². The highest BCUT2D eigenvalue weighted by Gasteiger charge is 2.23. The van der Waals surface area contributed by atoms with E-state index in [1.54, 1.807) is 6.08 Å². The van der Waals surface area contributed by atoms with Gasteiger partial charge in [-0.1, -0.05) is 354 Å². The number of quaternary nitrogens is 1. The standard InChI is InChI=1S/C80H143N2O6P/c1-6-8-10-12-14-16-18-20-22-24-26-28-30-32-34-36-38-40-41-42-44-46-48-50-52-54-56-58-60-62-64-66-68-70-72-74-80(84)81-78(77-88-89(85,86)87-76-75-82(3,4)5)79(83)73-71-69-67-65-63-61-59-57-55-53-51-49-47-45-43-39-37-35-33-31-29-27-25-23-21-19-17-15-13-11-9-7-2/h8,10,14,16,20,22,26,28,32,34,38,40,42,44,48,50,54,56,71,73,78-79,83H,6-7,9,11-13,15,17-19,21,23-25,27,29-31,33,35-37,39,41,43,45-47,49,51-53,55,57-70,72,74-77H2,1-5H3,(H-,81,84,85,86)/b10-8-,16-14-,22-20-,28-26-,34-32-,40-38-,44-42-,50-48-,56-54-,73-71+. The maximum absolute atomic E-state index is 13.1. The Morgan fingerprint density at radius 1 is 0.404 bits per heavy atom. The lowest BCUT2D eigenvalue weighted by molar-refractivity contribution is -0.870. The van der Waals surface area contributed by atoms with Gasteiger partial charge < -0.3 is 28.8 Å². The third kappa shape index (κ3) is 72.2. The number of likely N-dealkylation sites (N-methyl/N-ethyl adjacent to an activating group) is 1. The number of aliphatic hydroxyl groups is 1. The largest absolute Gasteiger partial charge is 0.756 e. The Labute approximate surface area is 552 Å². The van der Waals surface area contributed by atoms with E-state index in [0.29, 0.717) is 17.4 Å². The summed E-state index contributed by atoms with van der Waals surface area (Å²) in [7, 11) is 1.25. The molecule has 514 valence electrons. The van der Waals surface area contributed by atoms with Crippen LogP contribution in [0.3, 0.4) is 0 Å². The third-order valence-corrected chi connectivity index (χ3v) is 17.4. The van der Waals surface area contributed by atoms with E-state index >= 15 is 0 Å². The van der Waals surface area contributed by atoms with Crippen molar-refractivity contribution in [2.75, 3.05) is 40.9 Å². The number of nitrogens with one attached hydrogen (secondary N) is 1. The normalized spacial score (nSPS) is 14.3. The third-order valence-electron chi connectivity index (χ3n) is 16.4. The molecule has 0 rings (SSSR count). The molecule has 89 heavy (non-hydrogen) atoms. The molecule has 0 saturated heterocycles. The average molecular weight is 1260 g/mol. The van der Waals surface area contributed by atoms with Crippen LogP contribution in [0, 0.1) is 0 Å². The number of allylic oxidation sites excluding steroid dienone is 19. The number of carbonyl (C=O) groups excluding carboxylic acids is 1. The first-order chi connectivity index (χ1) is 43.5. The Morgan fingerprint density at radius 3 is 1.00 bits per heavy atom.